The number of carbonyl (C=O) groups is 1. The number of hydrogen-bond acceptors (Lipinski definition) is 2. The van der Waals surface area contributed by atoms with Crippen LogP contribution in [0.1, 0.15) is 37.2 Å². The highest BCUT2D eigenvalue weighted by atomic mass is 35.5. The molecule has 4 heteroatoms. The van der Waals surface area contributed by atoms with Gasteiger partial charge in [-0.05, 0) is 49.4 Å². The van der Waals surface area contributed by atoms with Gasteiger partial charge in [0.15, 0.2) is 0 Å². The molecular formula is C15H17Cl2NO. The van der Waals surface area contributed by atoms with Crippen molar-refractivity contribution >= 4 is 29.0 Å². The third-order valence-corrected chi connectivity index (χ3v) is 5.06. The van der Waals surface area contributed by atoms with Gasteiger partial charge in [0.1, 0.15) is 5.78 Å². The van der Waals surface area contributed by atoms with Crippen molar-refractivity contribution in [3.8, 4) is 0 Å². The van der Waals surface area contributed by atoms with E-state index < -0.39 is 0 Å². The summed E-state index contributed by atoms with van der Waals surface area (Å²) in [6, 6.07) is 6.33. The van der Waals surface area contributed by atoms with Gasteiger partial charge in [-0.15, -0.1) is 0 Å². The average Bonchev–Trinajstić information content (AvgIpc) is 2.73. The Labute approximate surface area is 123 Å². The molecule has 19 heavy (non-hydrogen) atoms. The first-order valence-electron chi connectivity index (χ1n) is 6.84. The van der Waals surface area contributed by atoms with E-state index in [0.717, 1.165) is 18.5 Å². The first-order valence-corrected chi connectivity index (χ1v) is 7.60. The van der Waals surface area contributed by atoms with E-state index in [1.54, 1.807) is 0 Å². The van der Waals surface area contributed by atoms with Gasteiger partial charge in [0.05, 0.1) is 16.6 Å². The summed E-state index contributed by atoms with van der Waals surface area (Å²) in [5.74, 6) is 0.635. The number of halogens is 2. The number of hydrogen-bond donors (Lipinski definition) is 0. The summed E-state index contributed by atoms with van der Waals surface area (Å²) in [5, 5.41) is 1.16. The zero-order chi connectivity index (χ0) is 13.4. The van der Waals surface area contributed by atoms with Crippen molar-refractivity contribution in [3.63, 3.8) is 0 Å². The molecule has 3 rings (SSSR count). The molecule has 2 atom stereocenters. The Balaban J connectivity index is 1.86. The minimum absolute atomic E-state index is 0.287. The van der Waals surface area contributed by atoms with E-state index >= 15 is 0 Å². The molecule has 1 unspecified atom stereocenters. The fourth-order valence-corrected chi connectivity index (χ4v) is 3.67. The molecule has 2 heterocycles. The van der Waals surface area contributed by atoms with Crippen molar-refractivity contribution in [1.82, 2.24) is 4.90 Å². The molecule has 2 aliphatic rings. The van der Waals surface area contributed by atoms with Gasteiger partial charge in [-0.1, -0.05) is 29.3 Å². The summed E-state index contributed by atoms with van der Waals surface area (Å²) >= 11 is 12.1. The lowest BCUT2D eigenvalue weighted by atomic mass is 9.88. The van der Waals surface area contributed by atoms with Crippen molar-refractivity contribution in [1.29, 1.82) is 0 Å². The minimum atomic E-state index is 0.287. The average molecular weight is 298 g/mol. The van der Waals surface area contributed by atoms with Crippen molar-refractivity contribution in [2.75, 3.05) is 13.1 Å². The SMILES string of the molecule is O=C1C[C@@H](c2ccc(Cl)c(Cl)c2)CC2CCCN2C1. The molecule has 2 nitrogen and oxygen atoms in total. The predicted molar refractivity (Wildman–Crippen MR) is 78.0 cm³/mol. The van der Waals surface area contributed by atoms with Gasteiger partial charge in [-0.3, -0.25) is 9.69 Å². The smallest absolute Gasteiger partial charge is 0.147 e. The Morgan fingerprint density at radius 3 is 2.84 bits per heavy atom. The Morgan fingerprint density at radius 2 is 2.05 bits per heavy atom. The van der Waals surface area contributed by atoms with Gasteiger partial charge >= 0.3 is 0 Å². The second kappa shape index (κ2) is 5.43. The number of benzene rings is 1. The lowest BCUT2D eigenvalue weighted by Gasteiger charge is -2.22. The highest BCUT2D eigenvalue weighted by Crippen LogP contribution is 2.36. The van der Waals surface area contributed by atoms with Crippen molar-refractivity contribution < 1.29 is 4.79 Å². The molecule has 1 aromatic carbocycles. The van der Waals surface area contributed by atoms with Gasteiger partial charge in [-0.2, -0.15) is 0 Å². The maximum Gasteiger partial charge on any atom is 0.147 e. The topological polar surface area (TPSA) is 20.3 Å². The Kier molecular flexibility index (Phi) is 3.84. The molecule has 0 radical (unpaired) electrons. The molecule has 2 saturated heterocycles. The summed E-state index contributed by atoms with van der Waals surface area (Å²) < 4.78 is 0. The minimum Gasteiger partial charge on any atom is -0.298 e. The number of nitrogens with zero attached hydrogens (tertiary/aromatic N) is 1. The molecule has 0 saturated carbocycles. The zero-order valence-electron chi connectivity index (χ0n) is 10.7. The van der Waals surface area contributed by atoms with Crippen LogP contribution in [0.4, 0.5) is 0 Å². The Bertz CT molecular complexity index is 503. The van der Waals surface area contributed by atoms with Crippen LogP contribution in [0.2, 0.25) is 10.0 Å². The number of Topliss-reactive ketones (excluding diaryl/α,β-unsaturated/α-hetero) is 1. The fourth-order valence-electron chi connectivity index (χ4n) is 3.37. The molecule has 0 aliphatic carbocycles. The zero-order valence-corrected chi connectivity index (χ0v) is 12.3. The normalized spacial score (nSPS) is 28.2. The second-order valence-electron chi connectivity index (χ2n) is 5.62. The van der Waals surface area contributed by atoms with Crippen molar-refractivity contribution in [3.05, 3.63) is 33.8 Å². The van der Waals surface area contributed by atoms with Crippen LogP contribution in [0.5, 0.6) is 0 Å². The lowest BCUT2D eigenvalue weighted by Crippen LogP contribution is -2.31. The summed E-state index contributed by atoms with van der Waals surface area (Å²) in [6.07, 6.45) is 4.12. The van der Waals surface area contributed by atoms with Crippen LogP contribution < -0.4 is 0 Å². The van der Waals surface area contributed by atoms with Crippen LogP contribution in [0.15, 0.2) is 18.2 Å². The highest BCUT2D eigenvalue weighted by molar-refractivity contribution is 6.42. The number of fused-ring (bicyclic) bond motifs is 1. The first-order chi connectivity index (χ1) is 9.13. The molecule has 0 N–H and O–H groups in total. The van der Waals surface area contributed by atoms with Crippen LogP contribution >= 0.6 is 23.2 Å². The summed E-state index contributed by atoms with van der Waals surface area (Å²) in [5.41, 5.74) is 1.15. The van der Waals surface area contributed by atoms with E-state index in [1.807, 2.05) is 18.2 Å². The van der Waals surface area contributed by atoms with Gasteiger partial charge in [0, 0.05) is 12.5 Å². The molecule has 1 aromatic rings. The van der Waals surface area contributed by atoms with E-state index in [1.165, 1.54) is 12.8 Å². The summed E-state index contributed by atoms with van der Waals surface area (Å²) in [6.45, 7) is 1.70. The van der Waals surface area contributed by atoms with Crippen molar-refractivity contribution in [2.24, 2.45) is 0 Å². The van der Waals surface area contributed by atoms with E-state index in [2.05, 4.69) is 4.90 Å². The van der Waals surface area contributed by atoms with Crippen LogP contribution in [0.3, 0.4) is 0 Å². The van der Waals surface area contributed by atoms with Gasteiger partial charge in [0.25, 0.3) is 0 Å². The molecule has 2 fully saturated rings. The fraction of sp³-hybridized carbons (Fsp3) is 0.533. The van der Waals surface area contributed by atoms with Crippen molar-refractivity contribution in [2.45, 2.75) is 37.6 Å². The van der Waals surface area contributed by atoms with E-state index in [9.17, 15) is 4.79 Å². The van der Waals surface area contributed by atoms with Crippen LogP contribution in [-0.2, 0) is 4.79 Å². The molecule has 102 valence electrons. The lowest BCUT2D eigenvalue weighted by molar-refractivity contribution is -0.119. The molecule has 0 spiro atoms. The summed E-state index contributed by atoms with van der Waals surface area (Å²) in [7, 11) is 0. The number of carbonyl (C=O) groups excluding carboxylic acids is 1. The monoisotopic (exact) mass is 297 g/mol. The quantitative estimate of drug-likeness (QED) is 0.783. The van der Waals surface area contributed by atoms with Gasteiger partial charge in [-0.25, -0.2) is 0 Å². The maximum atomic E-state index is 12.1. The van der Waals surface area contributed by atoms with Gasteiger partial charge < -0.3 is 0 Å². The molecular weight excluding hydrogens is 281 g/mol. The van der Waals surface area contributed by atoms with E-state index in [-0.39, 0.29) is 5.92 Å². The molecule has 0 amide bonds. The Hall–Kier alpha value is -0.570. The summed E-state index contributed by atoms with van der Waals surface area (Å²) in [4.78, 5) is 14.4. The molecule has 2 aliphatic heterocycles. The largest absolute Gasteiger partial charge is 0.298 e. The number of ketones is 1. The first kappa shape index (κ1) is 13.4. The molecule has 0 bridgehead atoms. The maximum absolute atomic E-state index is 12.1. The van der Waals surface area contributed by atoms with Crippen LogP contribution in [-0.4, -0.2) is 29.8 Å². The third kappa shape index (κ3) is 2.81. The Morgan fingerprint density at radius 1 is 1.21 bits per heavy atom. The number of rotatable bonds is 1. The molecule has 0 aromatic heterocycles. The van der Waals surface area contributed by atoms with Crippen LogP contribution in [0, 0.1) is 0 Å². The van der Waals surface area contributed by atoms with Crippen LogP contribution in [0.25, 0.3) is 0 Å². The van der Waals surface area contributed by atoms with Gasteiger partial charge in [0.2, 0.25) is 0 Å². The second-order valence-corrected chi connectivity index (χ2v) is 6.43. The predicted octanol–water partition coefficient (Wildman–Crippen LogP) is 3.90. The highest BCUT2D eigenvalue weighted by Gasteiger charge is 2.33. The van der Waals surface area contributed by atoms with E-state index in [4.69, 9.17) is 23.2 Å². The third-order valence-electron chi connectivity index (χ3n) is 4.32. The standard InChI is InChI=1S/C15H17Cl2NO/c16-14-4-3-10(8-15(14)17)11-6-12-2-1-5-18(12)9-13(19)7-11/h3-4,8,11-12H,1-2,5-7,9H2/t11-,12?/m0/s1. The van der Waals surface area contributed by atoms with E-state index in [0.29, 0.717) is 34.8 Å².